The fraction of sp³-hybridized carbons (Fsp3) is 0.400. The van der Waals surface area contributed by atoms with Crippen LogP contribution >= 0.6 is 0 Å². The van der Waals surface area contributed by atoms with Gasteiger partial charge in [-0.05, 0) is 0 Å². The van der Waals surface area contributed by atoms with E-state index < -0.39 is 0 Å². The second kappa shape index (κ2) is 5.61. The van der Waals surface area contributed by atoms with Crippen LogP contribution in [0.1, 0.15) is 18.9 Å². The summed E-state index contributed by atoms with van der Waals surface area (Å²) in [5, 5.41) is 0. The van der Waals surface area contributed by atoms with Gasteiger partial charge in [-0.1, -0.05) is 49.2 Å². The molecule has 0 amide bonds. The molecule has 0 aromatic heterocycles. The van der Waals surface area contributed by atoms with Crippen molar-refractivity contribution in [3.05, 3.63) is 35.9 Å². The molecule has 0 aliphatic rings. The average molecular weight is 159 g/mol. The molecule has 0 aliphatic heterocycles. The molecule has 0 spiro atoms. The van der Waals surface area contributed by atoms with Crippen LogP contribution in [0.15, 0.2) is 30.3 Å². The molecule has 0 heterocycles. The predicted octanol–water partition coefficient (Wildman–Crippen LogP) is 2.72. The van der Waals surface area contributed by atoms with Crippen LogP contribution in [-0.4, -0.2) is 20.4 Å². The Morgan fingerprint density at radius 2 is 1.91 bits per heavy atom. The highest BCUT2D eigenvalue weighted by Crippen LogP contribution is 1.99. The van der Waals surface area contributed by atoms with Crippen molar-refractivity contribution in [3.8, 4) is 0 Å². The minimum atomic E-state index is 0.213. The lowest BCUT2D eigenvalue weighted by Gasteiger charge is -1.96. The van der Waals surface area contributed by atoms with Gasteiger partial charge in [-0.25, -0.2) is 0 Å². The maximum absolute atomic E-state index is 2.28. The first-order valence-electron chi connectivity index (χ1n) is 4.47. The summed E-state index contributed by atoms with van der Waals surface area (Å²) in [5.74, 6) is 0. The molecule has 0 atom stereocenters. The molecule has 0 aliphatic carbocycles. The van der Waals surface area contributed by atoms with E-state index in [1.165, 1.54) is 21.1 Å². The zero-order chi connectivity index (χ0) is 7.94. The Morgan fingerprint density at radius 3 is 2.55 bits per heavy atom. The molecule has 1 heteroatoms. The maximum Gasteiger partial charge on any atom is 0.370 e. The van der Waals surface area contributed by atoms with Crippen molar-refractivity contribution in [2.24, 2.45) is 0 Å². The van der Waals surface area contributed by atoms with Crippen molar-refractivity contribution in [3.63, 3.8) is 0 Å². The number of benzene rings is 1. The number of hydrogen-bond donors (Lipinski definition) is 0. The van der Waals surface area contributed by atoms with Crippen LogP contribution in [0.5, 0.6) is 0 Å². The second-order valence-electron chi connectivity index (χ2n) is 2.94. The van der Waals surface area contributed by atoms with Gasteiger partial charge in [0, 0.05) is 0 Å². The zero-order valence-corrected chi connectivity index (χ0v) is 8.63. The highest BCUT2D eigenvalue weighted by atomic mass is 24.5. The van der Waals surface area contributed by atoms with Crippen molar-refractivity contribution in [2.75, 3.05) is 0 Å². The van der Waals surface area contributed by atoms with Gasteiger partial charge in [0.15, 0.2) is 0 Å². The van der Waals surface area contributed by atoms with Crippen LogP contribution in [0.2, 0.25) is 4.55 Å². The number of hydrogen-bond acceptors (Lipinski definition) is 0. The van der Waals surface area contributed by atoms with Crippen LogP contribution < -0.4 is 0 Å². The van der Waals surface area contributed by atoms with Gasteiger partial charge >= 0.3 is 20.4 Å². The first-order valence-corrected chi connectivity index (χ1v) is 6.47. The predicted molar refractivity (Wildman–Crippen MR) is 51.0 cm³/mol. The van der Waals surface area contributed by atoms with Crippen molar-refractivity contribution in [1.82, 2.24) is 0 Å². The molecule has 1 aromatic carbocycles. The van der Waals surface area contributed by atoms with E-state index in [-0.39, 0.29) is 20.4 Å². The molecule has 0 saturated heterocycles. The summed E-state index contributed by atoms with van der Waals surface area (Å²) in [6, 6.07) is 10.8. The SMILES string of the molecule is CC[CH2][Mg][CH2]c1ccccc1. The van der Waals surface area contributed by atoms with Crippen molar-refractivity contribution in [1.29, 1.82) is 0 Å². The van der Waals surface area contributed by atoms with E-state index in [0.717, 1.165) is 0 Å². The van der Waals surface area contributed by atoms with Crippen LogP contribution in [0.25, 0.3) is 0 Å². The summed E-state index contributed by atoms with van der Waals surface area (Å²) in [6.07, 6.45) is 1.37. The van der Waals surface area contributed by atoms with Crippen LogP contribution in [-0.2, 0) is 4.55 Å². The molecule has 0 bridgehead atoms. The Balaban J connectivity index is 2.28. The monoisotopic (exact) mass is 158 g/mol. The number of rotatable bonds is 4. The molecule has 0 fully saturated rings. The Hall–Kier alpha value is -0.0138. The zero-order valence-electron chi connectivity index (χ0n) is 7.22. The third-order valence-corrected chi connectivity index (χ3v) is 4.05. The summed E-state index contributed by atoms with van der Waals surface area (Å²) < 4.78 is 2.88. The van der Waals surface area contributed by atoms with Gasteiger partial charge in [0.25, 0.3) is 0 Å². The average Bonchev–Trinajstić information content (AvgIpc) is 2.07. The van der Waals surface area contributed by atoms with E-state index >= 15 is 0 Å². The fourth-order valence-electron chi connectivity index (χ4n) is 1.22. The van der Waals surface area contributed by atoms with E-state index in [0.29, 0.717) is 0 Å². The molecular weight excluding hydrogens is 144 g/mol. The fourth-order valence-corrected chi connectivity index (χ4v) is 2.72. The van der Waals surface area contributed by atoms with E-state index in [2.05, 4.69) is 37.3 Å². The van der Waals surface area contributed by atoms with Crippen molar-refractivity contribution in [2.45, 2.75) is 22.4 Å². The van der Waals surface area contributed by atoms with Crippen LogP contribution in [0.3, 0.4) is 0 Å². The highest BCUT2D eigenvalue weighted by molar-refractivity contribution is 6.34. The maximum atomic E-state index is 2.28. The minimum absolute atomic E-state index is 0.213. The smallest absolute Gasteiger partial charge is 0.145 e. The lowest BCUT2D eigenvalue weighted by atomic mass is 10.2. The Kier molecular flexibility index (Phi) is 4.63. The molecule has 11 heavy (non-hydrogen) atoms. The van der Waals surface area contributed by atoms with E-state index in [1.807, 2.05) is 0 Å². The standard InChI is InChI=1S/C7H7.C3H7.Mg/c1-7-5-3-2-4-6-7;1-3-2;/h2-6H,1H2;1,3H2,2H3;. The summed E-state index contributed by atoms with van der Waals surface area (Å²) in [5.41, 5.74) is 1.53. The van der Waals surface area contributed by atoms with Gasteiger partial charge < -0.3 is 0 Å². The molecule has 0 nitrogen and oxygen atoms in total. The summed E-state index contributed by atoms with van der Waals surface area (Å²) in [7, 11) is 0. The third-order valence-electron chi connectivity index (χ3n) is 1.91. The first kappa shape index (κ1) is 9.08. The minimum Gasteiger partial charge on any atom is -0.145 e. The van der Waals surface area contributed by atoms with Gasteiger partial charge in [0.1, 0.15) is 0 Å². The molecule has 1 aromatic rings. The molecule has 0 saturated carbocycles. The van der Waals surface area contributed by atoms with Crippen LogP contribution in [0.4, 0.5) is 0 Å². The topological polar surface area (TPSA) is 0 Å². The highest BCUT2D eigenvalue weighted by Gasteiger charge is 1.94. The quantitative estimate of drug-likeness (QED) is 0.467. The van der Waals surface area contributed by atoms with Crippen LogP contribution in [0, 0.1) is 0 Å². The Bertz CT molecular complexity index is 181. The van der Waals surface area contributed by atoms with Gasteiger partial charge in [0.2, 0.25) is 0 Å². The molecule has 0 N–H and O–H groups in total. The van der Waals surface area contributed by atoms with Gasteiger partial charge in [0.05, 0.1) is 0 Å². The Morgan fingerprint density at radius 1 is 1.18 bits per heavy atom. The molecule has 0 radical (unpaired) electrons. The van der Waals surface area contributed by atoms with Gasteiger partial charge in [-0.2, -0.15) is 0 Å². The van der Waals surface area contributed by atoms with Gasteiger partial charge in [-0.15, -0.1) is 9.10 Å². The summed E-state index contributed by atoms with van der Waals surface area (Å²) in [4.78, 5) is 0. The largest absolute Gasteiger partial charge is 0.370 e. The summed E-state index contributed by atoms with van der Waals surface area (Å²) >= 11 is 0.213. The van der Waals surface area contributed by atoms with Crippen molar-refractivity contribution >= 4 is 20.4 Å². The summed E-state index contributed by atoms with van der Waals surface area (Å²) in [6.45, 7) is 2.28. The molecule has 0 unspecified atom stereocenters. The molecule has 56 valence electrons. The van der Waals surface area contributed by atoms with Gasteiger partial charge in [-0.3, -0.25) is 0 Å². The Labute approximate surface area is 78.7 Å². The van der Waals surface area contributed by atoms with E-state index in [9.17, 15) is 0 Å². The molecular formula is C10H14Mg. The third kappa shape index (κ3) is 3.78. The van der Waals surface area contributed by atoms with Crippen molar-refractivity contribution < 1.29 is 0 Å². The first-order chi connectivity index (χ1) is 5.43. The lowest BCUT2D eigenvalue weighted by Crippen LogP contribution is -1.94. The normalized spacial score (nSPS) is 9.18. The lowest BCUT2D eigenvalue weighted by molar-refractivity contribution is 1.06. The van der Waals surface area contributed by atoms with E-state index in [1.54, 1.807) is 0 Å². The second-order valence-corrected chi connectivity index (χ2v) is 4.86. The molecule has 1 rings (SSSR count). The van der Waals surface area contributed by atoms with E-state index in [4.69, 9.17) is 0 Å².